The van der Waals surface area contributed by atoms with E-state index in [1.807, 2.05) is 48.5 Å². The second kappa shape index (κ2) is 8.93. The lowest BCUT2D eigenvalue weighted by Gasteiger charge is -2.09. The Labute approximate surface area is 177 Å². The summed E-state index contributed by atoms with van der Waals surface area (Å²) in [6.07, 6.45) is 0. The van der Waals surface area contributed by atoms with Gasteiger partial charge in [-0.25, -0.2) is 4.79 Å². The van der Waals surface area contributed by atoms with E-state index in [-0.39, 0.29) is 13.5 Å². The monoisotopic (exact) mass is 427 g/mol. The molecule has 4 N–H and O–H groups in total. The molecule has 0 radical (unpaired) electrons. The number of thiophene rings is 1. The van der Waals surface area contributed by atoms with E-state index in [1.54, 1.807) is 7.11 Å². The van der Waals surface area contributed by atoms with Crippen LogP contribution in [-0.4, -0.2) is 26.7 Å². The maximum atomic E-state index is 11.4. The van der Waals surface area contributed by atoms with Crippen molar-refractivity contribution in [1.29, 1.82) is 0 Å². The van der Waals surface area contributed by atoms with E-state index in [0.717, 1.165) is 33.3 Å². The van der Waals surface area contributed by atoms with E-state index in [9.17, 15) is 4.79 Å². The predicted molar refractivity (Wildman–Crippen MR) is 114 cm³/mol. The van der Waals surface area contributed by atoms with Gasteiger partial charge < -0.3 is 24.7 Å². The molecule has 2 amide bonds. The van der Waals surface area contributed by atoms with Gasteiger partial charge >= 0.3 is 6.03 Å². The summed E-state index contributed by atoms with van der Waals surface area (Å²) in [5.41, 5.74) is 7.33. The summed E-state index contributed by atoms with van der Waals surface area (Å²) in [5.74, 6) is 2.81. The first-order chi connectivity index (χ1) is 14.6. The number of fused-ring (bicyclic) bond motifs is 1. The highest BCUT2D eigenvalue weighted by Gasteiger charge is 2.15. The van der Waals surface area contributed by atoms with Crippen molar-refractivity contribution in [2.45, 2.75) is 6.54 Å². The van der Waals surface area contributed by atoms with Gasteiger partial charge in [-0.3, -0.25) is 10.6 Å². The molecule has 0 fully saturated rings. The summed E-state index contributed by atoms with van der Waals surface area (Å²) in [6, 6.07) is 14.7. The maximum Gasteiger partial charge on any atom is 0.317 e. The molecule has 3 aromatic rings. The Morgan fingerprint density at radius 1 is 1.13 bits per heavy atom. The lowest BCUT2D eigenvalue weighted by Crippen LogP contribution is -2.21. The van der Waals surface area contributed by atoms with E-state index in [0.29, 0.717) is 17.3 Å². The first-order valence-corrected chi connectivity index (χ1v) is 10.0. The van der Waals surface area contributed by atoms with Crippen LogP contribution in [0.5, 0.6) is 23.0 Å². The van der Waals surface area contributed by atoms with Gasteiger partial charge in [0.05, 0.1) is 7.11 Å². The van der Waals surface area contributed by atoms with Crippen molar-refractivity contribution >= 4 is 22.4 Å². The molecule has 0 spiro atoms. The molecular formula is C21H21N3O5S. The highest BCUT2D eigenvalue weighted by atomic mass is 32.1. The molecule has 0 saturated heterocycles. The Hall–Kier alpha value is -3.43. The summed E-state index contributed by atoms with van der Waals surface area (Å²) in [5, 5.41) is 6.39. The number of carbonyl (C=O) groups excluding carboxylic acids is 1. The van der Waals surface area contributed by atoms with Gasteiger partial charge in [-0.15, -0.1) is 11.3 Å². The van der Waals surface area contributed by atoms with E-state index in [2.05, 4.69) is 10.6 Å². The van der Waals surface area contributed by atoms with Crippen molar-refractivity contribution in [3.05, 3.63) is 54.1 Å². The van der Waals surface area contributed by atoms with Gasteiger partial charge in [0.2, 0.25) is 6.79 Å². The number of urea groups is 1. The molecule has 30 heavy (non-hydrogen) atoms. The third kappa shape index (κ3) is 4.58. The fourth-order valence-electron chi connectivity index (χ4n) is 2.95. The zero-order chi connectivity index (χ0) is 20.9. The molecule has 0 unspecified atom stereocenters. The van der Waals surface area contributed by atoms with Crippen LogP contribution >= 0.6 is 11.3 Å². The van der Waals surface area contributed by atoms with Gasteiger partial charge in [-0.1, -0.05) is 6.07 Å². The van der Waals surface area contributed by atoms with E-state index < -0.39 is 6.03 Å². The summed E-state index contributed by atoms with van der Waals surface area (Å²) in [6.45, 7) is 1.09. The molecule has 9 heteroatoms. The molecule has 2 heterocycles. The van der Waals surface area contributed by atoms with E-state index >= 15 is 0 Å². The fraction of sp³-hybridized carbons (Fsp3) is 0.190. The number of primary amides is 1. The van der Waals surface area contributed by atoms with Gasteiger partial charge in [-0.2, -0.15) is 0 Å². The molecule has 0 bridgehead atoms. The molecule has 0 aliphatic carbocycles. The minimum absolute atomic E-state index is 0.250. The molecular weight excluding hydrogens is 406 g/mol. The fourth-order valence-corrected chi connectivity index (χ4v) is 3.96. The topological polar surface area (TPSA) is 104 Å². The standard InChI is InChI=1S/C21H21N3O5S/c1-26-15-5-3-14(4-6-15)19-9-18(20(30-19)24-21(22)25)27-11-23-10-13-2-7-16-17(8-13)29-12-28-16/h2-9,23H,10-12H2,1H3,(H3,22,24,25). The molecule has 4 rings (SSSR count). The zero-order valence-electron chi connectivity index (χ0n) is 16.3. The third-order valence-corrected chi connectivity index (χ3v) is 5.49. The molecule has 1 aliphatic heterocycles. The number of carbonyl (C=O) groups is 1. The molecule has 0 atom stereocenters. The van der Waals surface area contributed by atoms with Gasteiger partial charge in [-0.05, 0) is 47.5 Å². The van der Waals surface area contributed by atoms with E-state index in [1.165, 1.54) is 11.3 Å². The van der Waals surface area contributed by atoms with Gasteiger partial charge in [0.1, 0.15) is 17.5 Å². The lowest BCUT2D eigenvalue weighted by atomic mass is 10.2. The van der Waals surface area contributed by atoms with Crippen molar-refractivity contribution in [1.82, 2.24) is 5.32 Å². The Morgan fingerprint density at radius 2 is 1.93 bits per heavy atom. The number of ether oxygens (including phenoxy) is 4. The Bertz CT molecular complexity index is 1040. The number of anilines is 1. The number of hydrogen-bond acceptors (Lipinski definition) is 7. The van der Waals surface area contributed by atoms with Crippen LogP contribution in [0, 0.1) is 0 Å². The largest absolute Gasteiger partial charge is 0.497 e. The highest BCUT2D eigenvalue weighted by Crippen LogP contribution is 2.41. The molecule has 2 aromatic carbocycles. The minimum Gasteiger partial charge on any atom is -0.497 e. The van der Waals surface area contributed by atoms with Crippen molar-refractivity contribution in [3.8, 4) is 33.4 Å². The summed E-state index contributed by atoms with van der Waals surface area (Å²) < 4.78 is 21.7. The normalized spacial score (nSPS) is 11.9. The van der Waals surface area contributed by atoms with Crippen LogP contribution in [0.3, 0.4) is 0 Å². The molecule has 1 aromatic heterocycles. The van der Waals surface area contributed by atoms with Gasteiger partial charge in [0.15, 0.2) is 17.2 Å². The number of benzene rings is 2. The maximum absolute atomic E-state index is 11.4. The first kappa shape index (κ1) is 19.9. The average molecular weight is 427 g/mol. The molecule has 1 aliphatic rings. The number of methoxy groups -OCH3 is 1. The van der Waals surface area contributed by atoms with Gasteiger partial charge in [0.25, 0.3) is 0 Å². The highest BCUT2D eigenvalue weighted by molar-refractivity contribution is 7.20. The number of nitrogens with one attached hydrogen (secondary N) is 2. The van der Waals surface area contributed by atoms with Crippen molar-refractivity contribution in [2.24, 2.45) is 5.73 Å². The van der Waals surface area contributed by atoms with Crippen LogP contribution < -0.4 is 35.3 Å². The van der Waals surface area contributed by atoms with Crippen LogP contribution in [0.1, 0.15) is 5.56 Å². The SMILES string of the molecule is COc1ccc(-c2cc(OCNCc3ccc4c(c3)OCO4)c(NC(N)=O)s2)cc1. The quantitative estimate of drug-likeness (QED) is 0.373. The van der Waals surface area contributed by atoms with Crippen LogP contribution in [0.2, 0.25) is 0 Å². The number of amides is 2. The Morgan fingerprint density at radius 3 is 2.70 bits per heavy atom. The second-order valence-electron chi connectivity index (χ2n) is 6.42. The number of hydrogen-bond donors (Lipinski definition) is 3. The lowest BCUT2D eigenvalue weighted by molar-refractivity contribution is 0.174. The van der Waals surface area contributed by atoms with Crippen LogP contribution in [0.4, 0.5) is 9.80 Å². The minimum atomic E-state index is -0.642. The number of rotatable bonds is 8. The summed E-state index contributed by atoms with van der Waals surface area (Å²) in [7, 11) is 1.62. The van der Waals surface area contributed by atoms with Crippen molar-refractivity contribution < 1.29 is 23.7 Å². The Balaban J connectivity index is 1.40. The predicted octanol–water partition coefficient (Wildman–Crippen LogP) is 3.77. The van der Waals surface area contributed by atoms with Crippen LogP contribution in [-0.2, 0) is 6.54 Å². The van der Waals surface area contributed by atoms with Crippen molar-refractivity contribution in [2.75, 3.05) is 26.0 Å². The average Bonchev–Trinajstić information content (AvgIpc) is 3.37. The molecule has 156 valence electrons. The van der Waals surface area contributed by atoms with Gasteiger partial charge in [0, 0.05) is 17.5 Å². The Kier molecular flexibility index (Phi) is 5.92. The summed E-state index contributed by atoms with van der Waals surface area (Å²) in [4.78, 5) is 12.3. The number of nitrogens with two attached hydrogens (primary N) is 1. The van der Waals surface area contributed by atoms with Crippen LogP contribution in [0.25, 0.3) is 10.4 Å². The van der Waals surface area contributed by atoms with E-state index in [4.69, 9.17) is 24.7 Å². The molecule has 0 saturated carbocycles. The third-order valence-electron chi connectivity index (χ3n) is 4.41. The zero-order valence-corrected chi connectivity index (χ0v) is 17.1. The van der Waals surface area contributed by atoms with Crippen LogP contribution in [0.15, 0.2) is 48.5 Å². The summed E-state index contributed by atoms with van der Waals surface area (Å²) >= 11 is 1.39. The smallest absolute Gasteiger partial charge is 0.317 e. The molecule has 8 nitrogen and oxygen atoms in total. The second-order valence-corrected chi connectivity index (χ2v) is 7.48. The van der Waals surface area contributed by atoms with Crippen molar-refractivity contribution in [3.63, 3.8) is 0 Å². The first-order valence-electron chi connectivity index (χ1n) is 9.19.